The van der Waals surface area contributed by atoms with E-state index in [2.05, 4.69) is 36.4 Å². The van der Waals surface area contributed by atoms with Gasteiger partial charge >= 0.3 is 0 Å². The number of halogens is 1. The van der Waals surface area contributed by atoms with Gasteiger partial charge in [0.2, 0.25) is 0 Å². The van der Waals surface area contributed by atoms with E-state index in [1.807, 2.05) is 7.05 Å². The fourth-order valence-corrected chi connectivity index (χ4v) is 3.15. The molecule has 0 aliphatic heterocycles. The molecule has 19 heavy (non-hydrogen) atoms. The Morgan fingerprint density at radius 3 is 2.26 bits per heavy atom. The van der Waals surface area contributed by atoms with Gasteiger partial charge in [0.05, 0.1) is 0 Å². The smallest absolute Gasteiger partial charge is 0.191 e. The molecule has 2 rings (SSSR count). The Balaban J connectivity index is 0.00000180. The number of aliphatic imine (C=N–C) groups is 1. The lowest BCUT2D eigenvalue weighted by molar-refractivity contribution is 0.315. The number of guanidine groups is 1. The quantitative estimate of drug-likeness (QED) is 0.438. The van der Waals surface area contributed by atoms with Gasteiger partial charge in [-0.15, -0.1) is 24.0 Å². The van der Waals surface area contributed by atoms with Crippen molar-refractivity contribution in [3.63, 3.8) is 0 Å². The Labute approximate surface area is 135 Å². The highest BCUT2D eigenvalue weighted by atomic mass is 127. The maximum Gasteiger partial charge on any atom is 0.191 e. The molecular formula is C15H30IN3. The number of nitrogens with one attached hydrogen (secondary N) is 2. The van der Waals surface area contributed by atoms with Crippen LogP contribution in [0.3, 0.4) is 0 Å². The molecule has 4 heteroatoms. The van der Waals surface area contributed by atoms with Crippen molar-refractivity contribution < 1.29 is 0 Å². The molecule has 2 aliphatic carbocycles. The maximum atomic E-state index is 4.33. The van der Waals surface area contributed by atoms with Gasteiger partial charge in [0.15, 0.2) is 5.96 Å². The number of rotatable bonds is 2. The van der Waals surface area contributed by atoms with Gasteiger partial charge in [-0.2, -0.15) is 0 Å². The molecule has 2 N–H and O–H groups in total. The first kappa shape index (κ1) is 17.1. The van der Waals surface area contributed by atoms with E-state index in [1.165, 1.54) is 38.5 Å². The van der Waals surface area contributed by atoms with E-state index in [9.17, 15) is 0 Å². The summed E-state index contributed by atoms with van der Waals surface area (Å²) in [5.41, 5.74) is 0.0804. The highest BCUT2D eigenvalue weighted by molar-refractivity contribution is 14.0. The van der Waals surface area contributed by atoms with Crippen molar-refractivity contribution in [1.29, 1.82) is 0 Å². The molecule has 0 aromatic carbocycles. The normalized spacial score (nSPS) is 28.5. The fraction of sp³-hybridized carbons (Fsp3) is 0.933. The van der Waals surface area contributed by atoms with Crippen LogP contribution in [0.25, 0.3) is 0 Å². The van der Waals surface area contributed by atoms with E-state index in [4.69, 9.17) is 0 Å². The lowest BCUT2D eigenvalue weighted by Gasteiger charge is -2.25. The first-order valence-electron chi connectivity index (χ1n) is 7.51. The van der Waals surface area contributed by atoms with Gasteiger partial charge in [0.25, 0.3) is 0 Å². The van der Waals surface area contributed by atoms with Gasteiger partial charge < -0.3 is 10.6 Å². The summed E-state index contributed by atoms with van der Waals surface area (Å²) >= 11 is 0. The van der Waals surface area contributed by atoms with Gasteiger partial charge in [-0.25, -0.2) is 0 Å². The average molecular weight is 379 g/mol. The minimum atomic E-state index is 0. The van der Waals surface area contributed by atoms with Crippen LogP contribution in [-0.2, 0) is 0 Å². The summed E-state index contributed by atoms with van der Waals surface area (Å²) in [4.78, 5) is 4.33. The maximum absolute atomic E-state index is 4.33. The van der Waals surface area contributed by atoms with Crippen LogP contribution in [0, 0.1) is 11.8 Å². The molecule has 3 nitrogen and oxygen atoms in total. The van der Waals surface area contributed by atoms with Gasteiger partial charge in [-0.1, -0.05) is 32.1 Å². The first-order valence-corrected chi connectivity index (χ1v) is 7.51. The molecule has 0 radical (unpaired) electrons. The van der Waals surface area contributed by atoms with E-state index >= 15 is 0 Å². The lowest BCUT2D eigenvalue weighted by atomic mass is 9.85. The molecule has 2 aliphatic rings. The van der Waals surface area contributed by atoms with Crippen LogP contribution in [0.2, 0.25) is 0 Å². The number of hydrogen-bond donors (Lipinski definition) is 2. The third-order valence-corrected chi connectivity index (χ3v) is 4.13. The minimum Gasteiger partial charge on any atom is -0.353 e. The second-order valence-corrected chi connectivity index (χ2v) is 7.00. The van der Waals surface area contributed by atoms with E-state index < -0.39 is 0 Å². The topological polar surface area (TPSA) is 36.4 Å². The van der Waals surface area contributed by atoms with E-state index in [0.717, 1.165) is 17.8 Å². The SMILES string of the molecule is CN=C(NC1CC1C1CCCCC1)NC(C)(C)C.I. The van der Waals surface area contributed by atoms with Crippen LogP contribution < -0.4 is 10.6 Å². The summed E-state index contributed by atoms with van der Waals surface area (Å²) in [6.45, 7) is 6.52. The van der Waals surface area contributed by atoms with E-state index in [1.54, 1.807) is 0 Å². The molecule has 2 fully saturated rings. The zero-order valence-corrected chi connectivity index (χ0v) is 15.2. The largest absolute Gasteiger partial charge is 0.353 e. The molecule has 0 amide bonds. The molecule has 112 valence electrons. The molecule has 0 aromatic rings. The molecule has 0 saturated heterocycles. The summed E-state index contributed by atoms with van der Waals surface area (Å²) < 4.78 is 0. The van der Waals surface area contributed by atoms with Gasteiger partial charge in [0.1, 0.15) is 0 Å². The van der Waals surface area contributed by atoms with Crippen molar-refractivity contribution >= 4 is 29.9 Å². The van der Waals surface area contributed by atoms with Crippen molar-refractivity contribution in [2.24, 2.45) is 16.8 Å². The highest BCUT2D eigenvalue weighted by Crippen LogP contribution is 2.44. The summed E-state index contributed by atoms with van der Waals surface area (Å²) in [5, 5.41) is 7.02. The van der Waals surface area contributed by atoms with Gasteiger partial charge in [0, 0.05) is 18.6 Å². The van der Waals surface area contributed by atoms with Crippen molar-refractivity contribution in [3.05, 3.63) is 0 Å². The first-order chi connectivity index (χ1) is 8.49. The summed E-state index contributed by atoms with van der Waals surface area (Å²) in [7, 11) is 1.86. The fourth-order valence-electron chi connectivity index (χ4n) is 3.15. The standard InChI is InChI=1S/C15H29N3.HI/c1-15(2,3)18-14(16-4)17-13-10-12(13)11-8-6-5-7-9-11;/h11-13H,5-10H2,1-4H3,(H2,16,17,18);1H. The van der Waals surface area contributed by atoms with Crippen molar-refractivity contribution in [1.82, 2.24) is 10.6 Å². The van der Waals surface area contributed by atoms with Gasteiger partial charge in [-0.3, -0.25) is 4.99 Å². The van der Waals surface area contributed by atoms with E-state index in [0.29, 0.717) is 6.04 Å². The zero-order chi connectivity index (χ0) is 13.2. The van der Waals surface area contributed by atoms with Crippen LogP contribution in [-0.4, -0.2) is 24.6 Å². The van der Waals surface area contributed by atoms with Crippen molar-refractivity contribution in [3.8, 4) is 0 Å². The van der Waals surface area contributed by atoms with Crippen molar-refractivity contribution in [2.75, 3.05) is 7.05 Å². The average Bonchev–Trinajstić information content (AvgIpc) is 3.07. The Kier molecular flexibility index (Phi) is 6.40. The van der Waals surface area contributed by atoms with Crippen molar-refractivity contribution in [2.45, 2.75) is 70.9 Å². The molecule has 0 spiro atoms. The second kappa shape index (κ2) is 7.14. The zero-order valence-electron chi connectivity index (χ0n) is 12.8. The number of nitrogens with zero attached hydrogens (tertiary/aromatic N) is 1. The minimum absolute atomic E-state index is 0. The third kappa shape index (κ3) is 5.48. The number of hydrogen-bond acceptors (Lipinski definition) is 1. The molecule has 2 unspecified atom stereocenters. The summed E-state index contributed by atoms with van der Waals surface area (Å²) in [5.74, 6) is 2.85. The highest BCUT2D eigenvalue weighted by Gasteiger charge is 2.43. The van der Waals surface area contributed by atoms with Gasteiger partial charge in [-0.05, 0) is 39.0 Å². The molecule has 2 saturated carbocycles. The van der Waals surface area contributed by atoms with Crippen LogP contribution >= 0.6 is 24.0 Å². The molecule has 0 heterocycles. The third-order valence-electron chi connectivity index (χ3n) is 4.13. The Morgan fingerprint density at radius 1 is 1.11 bits per heavy atom. The molecular weight excluding hydrogens is 349 g/mol. The summed E-state index contributed by atoms with van der Waals surface area (Å²) in [6.07, 6.45) is 8.60. The predicted molar refractivity (Wildman–Crippen MR) is 93.3 cm³/mol. The Hall–Kier alpha value is 0. The predicted octanol–water partition coefficient (Wildman–Crippen LogP) is 3.54. The van der Waals surface area contributed by atoms with Crippen LogP contribution in [0.15, 0.2) is 4.99 Å². The van der Waals surface area contributed by atoms with E-state index in [-0.39, 0.29) is 29.5 Å². The lowest BCUT2D eigenvalue weighted by Crippen LogP contribution is -2.48. The van der Waals surface area contributed by atoms with Crippen LogP contribution in [0.1, 0.15) is 59.3 Å². The molecule has 2 atom stereocenters. The monoisotopic (exact) mass is 379 g/mol. The molecule has 0 aromatic heterocycles. The van der Waals surface area contributed by atoms with Crippen LogP contribution in [0.5, 0.6) is 0 Å². The molecule has 0 bridgehead atoms. The Morgan fingerprint density at radius 2 is 1.74 bits per heavy atom. The second-order valence-electron chi connectivity index (χ2n) is 7.00. The Bertz CT molecular complexity index is 303. The summed E-state index contributed by atoms with van der Waals surface area (Å²) in [6, 6.07) is 0.668. The van der Waals surface area contributed by atoms with Crippen LogP contribution in [0.4, 0.5) is 0 Å².